The fourth-order valence-corrected chi connectivity index (χ4v) is 1.49. The Labute approximate surface area is 62.8 Å². The van der Waals surface area contributed by atoms with Crippen molar-refractivity contribution in [3.8, 4) is 0 Å². The monoisotopic (exact) mass is 143 g/mol. The summed E-state index contributed by atoms with van der Waals surface area (Å²) in [5.41, 5.74) is -0.510. The zero-order valence-corrected chi connectivity index (χ0v) is 6.93. The Balaban J connectivity index is 2.24. The van der Waals surface area contributed by atoms with Crippen molar-refractivity contribution in [2.45, 2.75) is 32.3 Å². The smallest absolute Gasteiger partial charge is 0.0718 e. The van der Waals surface area contributed by atoms with Gasteiger partial charge in [-0.25, -0.2) is 0 Å². The van der Waals surface area contributed by atoms with E-state index >= 15 is 0 Å². The molecule has 0 bridgehead atoms. The van der Waals surface area contributed by atoms with E-state index < -0.39 is 5.60 Å². The topological polar surface area (TPSA) is 23.5 Å². The van der Waals surface area contributed by atoms with E-state index in [1.54, 1.807) is 0 Å². The quantitative estimate of drug-likeness (QED) is 0.619. The number of hydrogen-bond acceptors (Lipinski definition) is 2. The highest BCUT2D eigenvalue weighted by molar-refractivity contribution is 4.75. The van der Waals surface area contributed by atoms with Crippen LogP contribution in [-0.4, -0.2) is 35.2 Å². The maximum atomic E-state index is 9.44. The fourth-order valence-electron chi connectivity index (χ4n) is 1.49. The first-order valence-corrected chi connectivity index (χ1v) is 4.03. The van der Waals surface area contributed by atoms with Crippen LogP contribution in [0.5, 0.6) is 0 Å². The van der Waals surface area contributed by atoms with Gasteiger partial charge in [0.1, 0.15) is 0 Å². The summed E-state index contributed by atoms with van der Waals surface area (Å²) in [7, 11) is 0. The Morgan fingerprint density at radius 1 is 1.30 bits per heavy atom. The first kappa shape index (κ1) is 8.02. The van der Waals surface area contributed by atoms with E-state index in [0.29, 0.717) is 0 Å². The van der Waals surface area contributed by atoms with Crippen LogP contribution in [0.2, 0.25) is 0 Å². The lowest BCUT2D eigenvalue weighted by atomic mass is 10.1. The fraction of sp³-hybridized carbons (Fsp3) is 1.00. The number of hydrogen-bond donors (Lipinski definition) is 1. The van der Waals surface area contributed by atoms with Gasteiger partial charge in [-0.3, -0.25) is 0 Å². The molecule has 0 radical (unpaired) electrons. The van der Waals surface area contributed by atoms with Gasteiger partial charge in [0.25, 0.3) is 0 Å². The van der Waals surface area contributed by atoms with Gasteiger partial charge in [-0.05, 0) is 39.8 Å². The first-order valence-electron chi connectivity index (χ1n) is 4.03. The van der Waals surface area contributed by atoms with Crippen LogP contribution in [0.1, 0.15) is 26.7 Å². The molecule has 0 saturated carbocycles. The van der Waals surface area contributed by atoms with Crippen LogP contribution >= 0.6 is 0 Å². The number of nitrogens with zero attached hydrogens (tertiary/aromatic N) is 1. The molecule has 1 saturated heterocycles. The lowest BCUT2D eigenvalue weighted by molar-refractivity contribution is 0.0440. The summed E-state index contributed by atoms with van der Waals surface area (Å²) in [4.78, 5) is 2.32. The minimum Gasteiger partial charge on any atom is -0.389 e. The molecule has 2 nitrogen and oxygen atoms in total. The third kappa shape index (κ3) is 2.67. The lowest BCUT2D eigenvalue weighted by Gasteiger charge is -2.24. The molecule has 0 aromatic heterocycles. The number of β-amino-alcohol motifs (C(OH)–C–C–N with tert-alkyl or cyclic N) is 1. The molecule has 0 unspecified atom stereocenters. The van der Waals surface area contributed by atoms with Crippen molar-refractivity contribution >= 4 is 0 Å². The van der Waals surface area contributed by atoms with Crippen molar-refractivity contribution in [3.63, 3.8) is 0 Å². The highest BCUT2D eigenvalue weighted by Gasteiger charge is 2.20. The number of aliphatic hydroxyl groups is 1. The Hall–Kier alpha value is -0.0800. The Bertz CT molecular complexity index is 100. The van der Waals surface area contributed by atoms with E-state index in [2.05, 4.69) is 4.90 Å². The zero-order valence-electron chi connectivity index (χ0n) is 6.93. The van der Waals surface area contributed by atoms with Gasteiger partial charge in [0, 0.05) is 6.54 Å². The maximum absolute atomic E-state index is 9.44. The van der Waals surface area contributed by atoms with Crippen LogP contribution in [0.4, 0.5) is 0 Å². The molecule has 0 aromatic rings. The van der Waals surface area contributed by atoms with Crippen molar-refractivity contribution in [1.82, 2.24) is 4.90 Å². The second-order valence-corrected chi connectivity index (χ2v) is 3.80. The second kappa shape index (κ2) is 2.89. The molecule has 0 atom stereocenters. The predicted octanol–water partition coefficient (Wildman–Crippen LogP) is 0.853. The van der Waals surface area contributed by atoms with Gasteiger partial charge in [-0.1, -0.05) is 0 Å². The molecule has 1 heterocycles. The van der Waals surface area contributed by atoms with Gasteiger partial charge in [-0.2, -0.15) is 0 Å². The molecular formula is C8H17NO. The molecule has 0 spiro atoms. The van der Waals surface area contributed by atoms with Crippen molar-refractivity contribution in [2.24, 2.45) is 0 Å². The molecule has 1 N–H and O–H groups in total. The summed E-state index contributed by atoms with van der Waals surface area (Å²) >= 11 is 0. The van der Waals surface area contributed by atoms with Crippen LogP contribution in [0, 0.1) is 0 Å². The standard InChI is InChI=1S/C8H17NO/c1-8(2,10)7-9-5-3-4-6-9/h10H,3-7H2,1-2H3. The van der Waals surface area contributed by atoms with E-state index in [1.807, 2.05) is 13.8 Å². The van der Waals surface area contributed by atoms with E-state index in [0.717, 1.165) is 6.54 Å². The molecule has 1 fully saturated rings. The van der Waals surface area contributed by atoms with Gasteiger partial charge in [0.2, 0.25) is 0 Å². The van der Waals surface area contributed by atoms with Crippen LogP contribution in [-0.2, 0) is 0 Å². The van der Waals surface area contributed by atoms with Crippen LogP contribution in [0.3, 0.4) is 0 Å². The van der Waals surface area contributed by atoms with E-state index in [1.165, 1.54) is 25.9 Å². The van der Waals surface area contributed by atoms with Crippen molar-refractivity contribution in [2.75, 3.05) is 19.6 Å². The molecule has 1 rings (SSSR count). The first-order chi connectivity index (χ1) is 4.58. The summed E-state index contributed by atoms with van der Waals surface area (Å²) in [5.74, 6) is 0. The maximum Gasteiger partial charge on any atom is 0.0718 e. The largest absolute Gasteiger partial charge is 0.389 e. The van der Waals surface area contributed by atoms with Crippen LogP contribution in [0.25, 0.3) is 0 Å². The normalized spacial score (nSPS) is 21.9. The minimum absolute atomic E-state index is 0.510. The molecule has 2 heteroatoms. The van der Waals surface area contributed by atoms with Crippen molar-refractivity contribution < 1.29 is 5.11 Å². The molecule has 1 aliphatic rings. The summed E-state index contributed by atoms with van der Waals surface area (Å²) < 4.78 is 0. The Kier molecular flexibility index (Phi) is 2.32. The third-order valence-corrected chi connectivity index (χ3v) is 1.81. The molecular weight excluding hydrogens is 126 g/mol. The zero-order chi connectivity index (χ0) is 7.61. The van der Waals surface area contributed by atoms with Gasteiger partial charge in [-0.15, -0.1) is 0 Å². The minimum atomic E-state index is -0.510. The van der Waals surface area contributed by atoms with Crippen molar-refractivity contribution in [1.29, 1.82) is 0 Å². The summed E-state index contributed by atoms with van der Waals surface area (Å²) in [5, 5.41) is 9.44. The van der Waals surface area contributed by atoms with Crippen LogP contribution < -0.4 is 0 Å². The molecule has 60 valence electrons. The van der Waals surface area contributed by atoms with Gasteiger partial charge in [0.05, 0.1) is 5.60 Å². The number of likely N-dealkylation sites (tertiary alicyclic amines) is 1. The van der Waals surface area contributed by atoms with Gasteiger partial charge in [0.15, 0.2) is 0 Å². The van der Waals surface area contributed by atoms with Crippen molar-refractivity contribution in [3.05, 3.63) is 0 Å². The molecule has 0 amide bonds. The molecule has 0 aromatic carbocycles. The highest BCUT2D eigenvalue weighted by atomic mass is 16.3. The highest BCUT2D eigenvalue weighted by Crippen LogP contribution is 2.11. The van der Waals surface area contributed by atoms with Gasteiger partial charge < -0.3 is 10.0 Å². The summed E-state index contributed by atoms with van der Waals surface area (Å²) in [6.07, 6.45) is 2.60. The Morgan fingerprint density at radius 2 is 1.80 bits per heavy atom. The average molecular weight is 143 g/mol. The average Bonchev–Trinajstić information content (AvgIpc) is 2.12. The predicted molar refractivity (Wildman–Crippen MR) is 42.0 cm³/mol. The van der Waals surface area contributed by atoms with E-state index in [9.17, 15) is 5.11 Å². The molecule has 0 aliphatic carbocycles. The summed E-state index contributed by atoms with van der Waals surface area (Å²) in [6.45, 7) is 6.90. The lowest BCUT2D eigenvalue weighted by Crippen LogP contribution is -2.36. The van der Waals surface area contributed by atoms with Gasteiger partial charge >= 0.3 is 0 Å². The summed E-state index contributed by atoms with van der Waals surface area (Å²) in [6, 6.07) is 0. The second-order valence-electron chi connectivity index (χ2n) is 3.80. The van der Waals surface area contributed by atoms with Crippen LogP contribution in [0.15, 0.2) is 0 Å². The number of rotatable bonds is 2. The Morgan fingerprint density at radius 3 is 2.20 bits per heavy atom. The SMILES string of the molecule is CC(C)(O)CN1CCCC1. The third-order valence-electron chi connectivity index (χ3n) is 1.81. The molecule has 10 heavy (non-hydrogen) atoms. The van der Waals surface area contributed by atoms with E-state index in [-0.39, 0.29) is 0 Å². The van der Waals surface area contributed by atoms with E-state index in [4.69, 9.17) is 0 Å². The molecule has 1 aliphatic heterocycles.